The maximum absolute atomic E-state index is 12.7. The summed E-state index contributed by atoms with van der Waals surface area (Å²) in [5, 5.41) is 8.76. The SMILES string of the molecule is C/C(=C\c1ccc(OC(F)=C(F)F)cc1)c1ccc(CC(=O)O)cc1. The van der Waals surface area contributed by atoms with E-state index in [1.54, 1.807) is 24.3 Å². The first-order valence-electron chi connectivity index (χ1n) is 7.33. The number of aliphatic carboxylic acids is 1. The van der Waals surface area contributed by atoms with E-state index in [4.69, 9.17) is 5.11 Å². The molecule has 6 heteroatoms. The van der Waals surface area contributed by atoms with Gasteiger partial charge in [-0.3, -0.25) is 4.79 Å². The highest BCUT2D eigenvalue weighted by atomic mass is 19.3. The zero-order valence-corrected chi connectivity index (χ0v) is 13.3. The van der Waals surface area contributed by atoms with Crippen molar-refractivity contribution in [2.75, 3.05) is 0 Å². The fourth-order valence-corrected chi connectivity index (χ4v) is 2.17. The Morgan fingerprint density at radius 3 is 2.16 bits per heavy atom. The van der Waals surface area contributed by atoms with E-state index in [1.807, 2.05) is 25.1 Å². The van der Waals surface area contributed by atoms with Gasteiger partial charge in [0.2, 0.25) is 0 Å². The second-order valence-corrected chi connectivity index (χ2v) is 5.30. The second-order valence-electron chi connectivity index (χ2n) is 5.30. The average molecular weight is 348 g/mol. The van der Waals surface area contributed by atoms with Gasteiger partial charge < -0.3 is 9.84 Å². The summed E-state index contributed by atoms with van der Waals surface area (Å²) >= 11 is 0. The average Bonchev–Trinajstić information content (AvgIpc) is 2.56. The van der Waals surface area contributed by atoms with Crippen molar-refractivity contribution in [3.05, 3.63) is 77.3 Å². The summed E-state index contributed by atoms with van der Waals surface area (Å²) in [4.78, 5) is 10.7. The van der Waals surface area contributed by atoms with Crippen molar-refractivity contribution in [3.63, 3.8) is 0 Å². The molecule has 2 aromatic rings. The van der Waals surface area contributed by atoms with Gasteiger partial charge in [-0.1, -0.05) is 42.5 Å². The molecule has 0 amide bonds. The minimum absolute atomic E-state index is 0.0295. The molecule has 25 heavy (non-hydrogen) atoms. The Hall–Kier alpha value is -3.02. The Kier molecular flexibility index (Phi) is 6.00. The first-order chi connectivity index (χ1) is 11.8. The Morgan fingerprint density at radius 1 is 1.04 bits per heavy atom. The molecule has 2 aromatic carbocycles. The van der Waals surface area contributed by atoms with Crippen LogP contribution in [-0.2, 0) is 11.2 Å². The van der Waals surface area contributed by atoms with E-state index >= 15 is 0 Å². The highest BCUT2D eigenvalue weighted by Gasteiger charge is 2.07. The van der Waals surface area contributed by atoms with Crippen LogP contribution in [-0.4, -0.2) is 11.1 Å². The monoisotopic (exact) mass is 348 g/mol. The predicted octanol–water partition coefficient (Wildman–Crippen LogP) is 5.29. The molecule has 0 unspecified atom stereocenters. The first-order valence-corrected chi connectivity index (χ1v) is 7.33. The molecule has 0 saturated heterocycles. The van der Waals surface area contributed by atoms with Crippen molar-refractivity contribution in [1.82, 2.24) is 0 Å². The summed E-state index contributed by atoms with van der Waals surface area (Å²) in [6, 6.07) is 11.2. The fraction of sp³-hybridized carbons (Fsp3) is 0.105. The summed E-state index contributed by atoms with van der Waals surface area (Å²) in [6.07, 6.45) is -0.682. The number of hydrogen-bond donors (Lipinski definition) is 1. The van der Waals surface area contributed by atoms with Crippen molar-refractivity contribution in [2.45, 2.75) is 13.3 Å². The molecule has 0 fully saturated rings. The van der Waals surface area contributed by atoms with Gasteiger partial charge in [0, 0.05) is 0 Å². The number of hydrogen-bond acceptors (Lipinski definition) is 2. The fourth-order valence-electron chi connectivity index (χ4n) is 2.17. The summed E-state index contributed by atoms with van der Waals surface area (Å²) in [7, 11) is 0. The summed E-state index contributed by atoms with van der Waals surface area (Å²) < 4.78 is 41.1. The van der Waals surface area contributed by atoms with Crippen LogP contribution in [0.25, 0.3) is 11.6 Å². The van der Waals surface area contributed by atoms with Gasteiger partial charge in [0.25, 0.3) is 0 Å². The Balaban J connectivity index is 2.11. The number of halogens is 3. The van der Waals surface area contributed by atoms with Gasteiger partial charge in [-0.05, 0) is 41.3 Å². The van der Waals surface area contributed by atoms with Crippen LogP contribution in [0.15, 0.2) is 60.6 Å². The van der Waals surface area contributed by atoms with E-state index in [9.17, 15) is 18.0 Å². The molecule has 0 heterocycles. The molecule has 3 nitrogen and oxygen atoms in total. The molecule has 0 saturated carbocycles. The lowest BCUT2D eigenvalue weighted by molar-refractivity contribution is -0.136. The molecule has 0 aromatic heterocycles. The third kappa shape index (κ3) is 5.53. The quantitative estimate of drug-likeness (QED) is 0.570. The van der Waals surface area contributed by atoms with Crippen molar-refractivity contribution in [3.8, 4) is 5.75 Å². The summed E-state index contributed by atoms with van der Waals surface area (Å²) in [6.45, 7) is 1.89. The van der Waals surface area contributed by atoms with Crippen LogP contribution < -0.4 is 4.74 Å². The van der Waals surface area contributed by atoms with Gasteiger partial charge in [-0.25, -0.2) is 0 Å². The number of ether oxygens (including phenoxy) is 1. The van der Waals surface area contributed by atoms with Crippen LogP contribution in [0.2, 0.25) is 0 Å². The van der Waals surface area contributed by atoms with Crippen molar-refractivity contribution < 1.29 is 27.8 Å². The number of carboxylic acids is 1. The first kappa shape index (κ1) is 18.3. The van der Waals surface area contributed by atoms with E-state index in [0.717, 1.165) is 16.7 Å². The molecule has 1 N–H and O–H groups in total. The normalized spacial score (nSPS) is 11.1. The van der Waals surface area contributed by atoms with Crippen LogP contribution in [0.4, 0.5) is 13.2 Å². The van der Waals surface area contributed by atoms with Gasteiger partial charge in [-0.15, -0.1) is 0 Å². The lowest BCUT2D eigenvalue weighted by atomic mass is 10.0. The zero-order valence-electron chi connectivity index (χ0n) is 13.3. The molecule has 0 bridgehead atoms. The summed E-state index contributed by atoms with van der Waals surface area (Å²) in [5.74, 6) is -0.917. The van der Waals surface area contributed by atoms with Crippen LogP contribution in [0.5, 0.6) is 5.75 Å². The Labute approximate surface area is 142 Å². The minimum atomic E-state index is -2.51. The number of benzene rings is 2. The summed E-state index contributed by atoms with van der Waals surface area (Å²) in [5.41, 5.74) is 3.34. The van der Waals surface area contributed by atoms with Gasteiger partial charge in [0.05, 0.1) is 6.42 Å². The number of rotatable bonds is 6. The third-order valence-electron chi connectivity index (χ3n) is 3.38. The van der Waals surface area contributed by atoms with Crippen LogP contribution in [0, 0.1) is 0 Å². The van der Waals surface area contributed by atoms with Crippen LogP contribution in [0.1, 0.15) is 23.6 Å². The molecular weight excluding hydrogens is 333 g/mol. The molecule has 0 radical (unpaired) electrons. The number of carbonyl (C=O) groups is 1. The van der Waals surface area contributed by atoms with Crippen LogP contribution >= 0.6 is 0 Å². The van der Waals surface area contributed by atoms with Crippen LogP contribution in [0.3, 0.4) is 0 Å². The zero-order chi connectivity index (χ0) is 18.4. The number of allylic oxidation sites excluding steroid dienone is 1. The van der Waals surface area contributed by atoms with Gasteiger partial charge >= 0.3 is 18.1 Å². The van der Waals surface area contributed by atoms with E-state index < -0.39 is 18.1 Å². The molecule has 0 atom stereocenters. The maximum Gasteiger partial charge on any atom is 0.344 e. The number of carboxylic acid groups (broad SMARTS) is 1. The van der Waals surface area contributed by atoms with Crippen molar-refractivity contribution in [1.29, 1.82) is 0 Å². The molecule has 0 spiro atoms. The maximum atomic E-state index is 12.7. The Bertz CT molecular complexity index is 803. The van der Waals surface area contributed by atoms with Crippen molar-refractivity contribution in [2.24, 2.45) is 0 Å². The van der Waals surface area contributed by atoms with E-state index in [1.165, 1.54) is 12.1 Å². The third-order valence-corrected chi connectivity index (χ3v) is 3.38. The van der Waals surface area contributed by atoms with Gasteiger partial charge in [-0.2, -0.15) is 13.2 Å². The van der Waals surface area contributed by atoms with Crippen molar-refractivity contribution >= 4 is 17.6 Å². The molecule has 0 aliphatic heterocycles. The molecule has 0 aliphatic rings. The Morgan fingerprint density at radius 2 is 1.64 bits per heavy atom. The van der Waals surface area contributed by atoms with Gasteiger partial charge in [0.15, 0.2) is 0 Å². The molecule has 2 rings (SSSR count). The smallest absolute Gasteiger partial charge is 0.344 e. The second kappa shape index (κ2) is 8.19. The van der Waals surface area contributed by atoms with E-state index in [-0.39, 0.29) is 12.2 Å². The van der Waals surface area contributed by atoms with Gasteiger partial charge in [0.1, 0.15) is 5.75 Å². The topological polar surface area (TPSA) is 46.5 Å². The highest BCUT2D eigenvalue weighted by Crippen LogP contribution is 2.22. The molecule has 130 valence electrons. The largest absolute Gasteiger partial charge is 0.481 e. The minimum Gasteiger partial charge on any atom is -0.481 e. The predicted molar refractivity (Wildman–Crippen MR) is 88.7 cm³/mol. The molecule has 0 aliphatic carbocycles. The standard InChI is InChI=1S/C19H15F3O3/c1-12(15-6-2-14(3-7-15)11-17(23)24)10-13-4-8-16(9-5-13)25-19(22)18(20)21/h2-10H,11H2,1H3,(H,23,24)/b12-10+. The lowest BCUT2D eigenvalue weighted by Crippen LogP contribution is -1.99. The highest BCUT2D eigenvalue weighted by molar-refractivity contribution is 5.80. The lowest BCUT2D eigenvalue weighted by Gasteiger charge is -2.05. The van der Waals surface area contributed by atoms with E-state index in [2.05, 4.69) is 4.74 Å². The van der Waals surface area contributed by atoms with E-state index in [0.29, 0.717) is 5.56 Å². The molecular formula is C19H15F3O3.